The van der Waals surface area contributed by atoms with E-state index in [4.69, 9.17) is 22.1 Å². The van der Waals surface area contributed by atoms with Crippen LogP contribution in [-0.2, 0) is 4.74 Å². The third-order valence-electron chi connectivity index (χ3n) is 3.49. The van der Waals surface area contributed by atoms with Gasteiger partial charge in [-0.25, -0.2) is 4.98 Å². The SMILES string of the molecule is COCCN1CCN(c2cc(N)c(Cl)cn2)[C@@H](C)C1. The Labute approximate surface area is 119 Å². The van der Waals surface area contributed by atoms with Crippen molar-refractivity contribution in [3.8, 4) is 0 Å². The number of pyridine rings is 1. The van der Waals surface area contributed by atoms with E-state index in [0.29, 0.717) is 16.8 Å². The van der Waals surface area contributed by atoms with E-state index in [1.165, 1.54) is 0 Å². The molecule has 0 aliphatic carbocycles. The van der Waals surface area contributed by atoms with E-state index in [1.54, 1.807) is 13.3 Å². The number of hydrogen-bond acceptors (Lipinski definition) is 5. The van der Waals surface area contributed by atoms with Crippen molar-refractivity contribution in [2.45, 2.75) is 13.0 Å². The quantitative estimate of drug-likeness (QED) is 0.907. The highest BCUT2D eigenvalue weighted by molar-refractivity contribution is 6.32. The fourth-order valence-electron chi connectivity index (χ4n) is 2.40. The van der Waals surface area contributed by atoms with E-state index in [2.05, 4.69) is 21.7 Å². The van der Waals surface area contributed by atoms with Crippen LogP contribution in [0.4, 0.5) is 11.5 Å². The summed E-state index contributed by atoms with van der Waals surface area (Å²) in [6.45, 7) is 6.92. The highest BCUT2D eigenvalue weighted by Crippen LogP contribution is 2.24. The maximum absolute atomic E-state index is 5.91. The van der Waals surface area contributed by atoms with Gasteiger partial charge in [0.2, 0.25) is 0 Å². The Kier molecular flexibility index (Phi) is 4.85. The van der Waals surface area contributed by atoms with Crippen molar-refractivity contribution in [3.05, 3.63) is 17.3 Å². The molecule has 106 valence electrons. The average molecular weight is 285 g/mol. The van der Waals surface area contributed by atoms with Crippen molar-refractivity contribution in [1.29, 1.82) is 0 Å². The van der Waals surface area contributed by atoms with Gasteiger partial charge in [-0.15, -0.1) is 0 Å². The van der Waals surface area contributed by atoms with Crippen molar-refractivity contribution in [2.75, 3.05) is 50.5 Å². The van der Waals surface area contributed by atoms with E-state index in [-0.39, 0.29) is 0 Å². The molecule has 0 bridgehead atoms. The van der Waals surface area contributed by atoms with Crippen LogP contribution in [-0.4, -0.2) is 55.8 Å². The Morgan fingerprint density at radius 1 is 1.53 bits per heavy atom. The van der Waals surface area contributed by atoms with Crippen LogP contribution in [0.25, 0.3) is 0 Å². The van der Waals surface area contributed by atoms with Gasteiger partial charge in [-0.3, -0.25) is 4.90 Å². The highest BCUT2D eigenvalue weighted by Gasteiger charge is 2.24. The number of nitrogens with two attached hydrogens (primary N) is 1. The van der Waals surface area contributed by atoms with Crippen molar-refractivity contribution in [1.82, 2.24) is 9.88 Å². The first kappa shape index (κ1) is 14.4. The second kappa shape index (κ2) is 6.41. The predicted octanol–water partition coefficient (Wildman–Crippen LogP) is 1.47. The zero-order valence-corrected chi connectivity index (χ0v) is 12.2. The number of rotatable bonds is 4. The molecule has 2 rings (SSSR count). The summed E-state index contributed by atoms with van der Waals surface area (Å²) in [5.74, 6) is 0.904. The maximum atomic E-state index is 5.91. The summed E-state index contributed by atoms with van der Waals surface area (Å²) in [4.78, 5) is 9.05. The van der Waals surface area contributed by atoms with Crippen LogP contribution in [0.15, 0.2) is 12.3 Å². The molecule has 0 amide bonds. The summed E-state index contributed by atoms with van der Waals surface area (Å²) in [6.07, 6.45) is 1.62. The van der Waals surface area contributed by atoms with Crippen LogP contribution >= 0.6 is 11.6 Å². The maximum Gasteiger partial charge on any atom is 0.130 e. The molecule has 1 aliphatic heterocycles. The Morgan fingerprint density at radius 2 is 2.32 bits per heavy atom. The van der Waals surface area contributed by atoms with Gasteiger partial charge in [-0.05, 0) is 6.92 Å². The smallest absolute Gasteiger partial charge is 0.130 e. The number of piperazine rings is 1. The molecule has 1 fully saturated rings. The number of anilines is 2. The minimum atomic E-state index is 0.402. The van der Waals surface area contributed by atoms with Gasteiger partial charge < -0.3 is 15.4 Å². The lowest BCUT2D eigenvalue weighted by Gasteiger charge is -2.40. The van der Waals surface area contributed by atoms with Crippen molar-refractivity contribution in [3.63, 3.8) is 0 Å². The van der Waals surface area contributed by atoms with Gasteiger partial charge in [0.1, 0.15) is 5.82 Å². The standard InChI is InChI=1S/C13H21ClN4O/c1-10-9-17(5-6-19-2)3-4-18(10)13-7-12(15)11(14)8-16-13/h7-8,10H,3-6,9H2,1-2H3,(H2,15,16)/t10-/m0/s1. The molecule has 1 aromatic rings. The molecule has 19 heavy (non-hydrogen) atoms. The predicted molar refractivity (Wildman–Crippen MR) is 78.8 cm³/mol. The molecule has 1 saturated heterocycles. The summed E-state index contributed by atoms with van der Waals surface area (Å²) >= 11 is 5.91. The Morgan fingerprint density at radius 3 is 2.95 bits per heavy atom. The number of halogens is 1. The fourth-order valence-corrected chi connectivity index (χ4v) is 2.50. The Hall–Kier alpha value is -1.04. The lowest BCUT2D eigenvalue weighted by atomic mass is 10.2. The largest absolute Gasteiger partial charge is 0.397 e. The first-order valence-corrected chi connectivity index (χ1v) is 6.88. The number of methoxy groups -OCH3 is 1. The highest BCUT2D eigenvalue weighted by atomic mass is 35.5. The Balaban J connectivity index is 2.01. The first-order chi connectivity index (χ1) is 9.11. The summed E-state index contributed by atoms with van der Waals surface area (Å²) in [5.41, 5.74) is 6.42. The van der Waals surface area contributed by atoms with Crippen molar-refractivity contribution < 1.29 is 4.74 Å². The second-order valence-corrected chi connectivity index (χ2v) is 5.31. The first-order valence-electron chi connectivity index (χ1n) is 6.50. The monoisotopic (exact) mass is 284 g/mol. The minimum absolute atomic E-state index is 0.402. The molecule has 5 nitrogen and oxygen atoms in total. The minimum Gasteiger partial charge on any atom is -0.397 e. The number of nitrogens with zero attached hydrogens (tertiary/aromatic N) is 3. The van der Waals surface area contributed by atoms with Crippen LogP contribution < -0.4 is 10.6 Å². The lowest BCUT2D eigenvalue weighted by molar-refractivity contribution is 0.135. The molecule has 6 heteroatoms. The molecular formula is C13H21ClN4O. The van der Waals surface area contributed by atoms with Crippen LogP contribution in [0.1, 0.15) is 6.92 Å². The number of ether oxygens (including phenoxy) is 1. The molecule has 0 aromatic carbocycles. The normalized spacial score (nSPS) is 20.8. The molecule has 2 N–H and O–H groups in total. The summed E-state index contributed by atoms with van der Waals surface area (Å²) < 4.78 is 5.12. The third kappa shape index (κ3) is 3.49. The van der Waals surface area contributed by atoms with Crippen LogP contribution in [0.3, 0.4) is 0 Å². The van der Waals surface area contributed by atoms with Gasteiger partial charge in [0.25, 0.3) is 0 Å². The van der Waals surface area contributed by atoms with E-state index in [9.17, 15) is 0 Å². The van der Waals surface area contributed by atoms with Gasteiger partial charge in [0, 0.05) is 51.6 Å². The van der Waals surface area contributed by atoms with Gasteiger partial charge >= 0.3 is 0 Å². The van der Waals surface area contributed by atoms with E-state index in [0.717, 1.165) is 38.6 Å². The zero-order valence-electron chi connectivity index (χ0n) is 11.5. The topological polar surface area (TPSA) is 54.6 Å². The van der Waals surface area contributed by atoms with Gasteiger partial charge in [-0.1, -0.05) is 11.6 Å². The second-order valence-electron chi connectivity index (χ2n) is 4.90. The van der Waals surface area contributed by atoms with Crippen LogP contribution in [0, 0.1) is 0 Å². The zero-order chi connectivity index (χ0) is 13.8. The molecule has 0 unspecified atom stereocenters. The summed E-state index contributed by atoms with van der Waals surface area (Å²) in [6, 6.07) is 2.25. The third-order valence-corrected chi connectivity index (χ3v) is 3.80. The molecule has 1 aliphatic rings. The number of nitrogen functional groups attached to an aromatic ring is 1. The lowest BCUT2D eigenvalue weighted by Crippen LogP contribution is -2.52. The van der Waals surface area contributed by atoms with E-state index < -0.39 is 0 Å². The summed E-state index contributed by atoms with van der Waals surface area (Å²) in [7, 11) is 1.74. The molecule has 0 spiro atoms. The molecule has 0 radical (unpaired) electrons. The van der Waals surface area contributed by atoms with Gasteiger partial charge in [0.15, 0.2) is 0 Å². The number of aromatic nitrogens is 1. The molecule has 1 aromatic heterocycles. The van der Waals surface area contributed by atoms with Crippen molar-refractivity contribution >= 4 is 23.1 Å². The van der Waals surface area contributed by atoms with E-state index >= 15 is 0 Å². The fraction of sp³-hybridized carbons (Fsp3) is 0.615. The molecule has 1 atom stereocenters. The molecule has 2 heterocycles. The molecule has 0 saturated carbocycles. The van der Waals surface area contributed by atoms with Gasteiger partial charge in [0.05, 0.1) is 17.3 Å². The van der Waals surface area contributed by atoms with Gasteiger partial charge in [-0.2, -0.15) is 0 Å². The summed E-state index contributed by atoms with van der Waals surface area (Å²) in [5, 5.41) is 0.509. The Bertz CT molecular complexity index is 429. The van der Waals surface area contributed by atoms with Crippen LogP contribution in [0.2, 0.25) is 5.02 Å². The van der Waals surface area contributed by atoms with Crippen LogP contribution in [0.5, 0.6) is 0 Å². The van der Waals surface area contributed by atoms with E-state index in [1.807, 2.05) is 6.07 Å². The average Bonchev–Trinajstić information content (AvgIpc) is 2.40. The van der Waals surface area contributed by atoms with Crippen molar-refractivity contribution in [2.24, 2.45) is 0 Å². The number of hydrogen-bond donors (Lipinski definition) is 1. The molecular weight excluding hydrogens is 264 g/mol.